The summed E-state index contributed by atoms with van der Waals surface area (Å²) in [5.74, 6) is 0.419. The number of anilines is 1. The first-order chi connectivity index (χ1) is 24.1. The maximum absolute atomic E-state index is 14.2. The Hall–Kier alpha value is -4.61. The minimum absolute atomic E-state index is 0.0527. The number of halogens is 2. The lowest BCUT2D eigenvalue weighted by Gasteiger charge is -2.37. The largest absolute Gasteiger partial charge is 0.487 e. The highest BCUT2D eigenvalue weighted by molar-refractivity contribution is 6.00. The van der Waals surface area contributed by atoms with Crippen LogP contribution in [-0.4, -0.2) is 92.9 Å². The predicted molar refractivity (Wildman–Crippen MR) is 189 cm³/mol. The summed E-state index contributed by atoms with van der Waals surface area (Å²) in [6.07, 6.45) is 7.54. The Balaban J connectivity index is 1.59. The van der Waals surface area contributed by atoms with E-state index in [2.05, 4.69) is 11.9 Å². The molecule has 12 heteroatoms. The molecule has 0 bridgehead atoms. The molecule has 1 aliphatic carbocycles. The van der Waals surface area contributed by atoms with Crippen molar-refractivity contribution in [1.29, 1.82) is 0 Å². The number of amides is 3. The number of benzene rings is 2. The number of piperidine rings is 1. The Labute approximate surface area is 294 Å². The molecule has 272 valence electrons. The lowest BCUT2D eigenvalue weighted by Crippen LogP contribution is -2.43. The lowest BCUT2D eigenvalue weighted by molar-refractivity contribution is -0.126. The zero-order chi connectivity index (χ0) is 36.2. The SMILES string of the molecule is C=C/C(=C\C)NC(=O)[C@@H](C)Oc1cc(CN(C)C(=O)c2cc(OC(CF)CF)ccc2N(C)C2CCN(C=O)CC2)ccc1OC1CCCC1. The van der Waals surface area contributed by atoms with Crippen molar-refractivity contribution in [2.75, 3.05) is 45.4 Å². The molecule has 0 radical (unpaired) electrons. The Morgan fingerprint density at radius 1 is 1.02 bits per heavy atom. The molecule has 2 aromatic rings. The van der Waals surface area contributed by atoms with E-state index in [1.165, 1.54) is 6.07 Å². The van der Waals surface area contributed by atoms with Crippen LogP contribution in [0.25, 0.3) is 0 Å². The molecule has 2 aliphatic rings. The van der Waals surface area contributed by atoms with Crippen LogP contribution in [0.3, 0.4) is 0 Å². The Bertz CT molecular complexity index is 1500. The van der Waals surface area contributed by atoms with Gasteiger partial charge in [0, 0.05) is 51.2 Å². The summed E-state index contributed by atoms with van der Waals surface area (Å²) in [7, 11) is 3.57. The van der Waals surface area contributed by atoms with Crippen LogP contribution in [0.1, 0.15) is 68.3 Å². The number of nitrogens with zero attached hydrogens (tertiary/aromatic N) is 3. The highest BCUT2D eigenvalue weighted by atomic mass is 19.1. The van der Waals surface area contributed by atoms with Gasteiger partial charge in [-0.2, -0.15) is 0 Å². The van der Waals surface area contributed by atoms with Gasteiger partial charge in [-0.25, -0.2) is 8.78 Å². The second-order valence-electron chi connectivity index (χ2n) is 12.9. The fourth-order valence-corrected chi connectivity index (χ4v) is 6.25. The Morgan fingerprint density at radius 2 is 1.72 bits per heavy atom. The van der Waals surface area contributed by atoms with E-state index in [9.17, 15) is 23.2 Å². The summed E-state index contributed by atoms with van der Waals surface area (Å²) >= 11 is 0. The van der Waals surface area contributed by atoms with E-state index in [1.54, 1.807) is 67.1 Å². The van der Waals surface area contributed by atoms with Gasteiger partial charge in [-0.3, -0.25) is 14.4 Å². The first-order valence-electron chi connectivity index (χ1n) is 17.3. The molecule has 1 saturated heterocycles. The average molecular weight is 697 g/mol. The monoisotopic (exact) mass is 696 g/mol. The molecule has 0 spiro atoms. The first kappa shape index (κ1) is 38.2. The average Bonchev–Trinajstić information content (AvgIpc) is 3.66. The third kappa shape index (κ3) is 9.98. The van der Waals surface area contributed by atoms with E-state index in [1.807, 2.05) is 18.0 Å². The van der Waals surface area contributed by atoms with Gasteiger partial charge in [0.25, 0.3) is 11.8 Å². The molecule has 0 aromatic heterocycles. The predicted octanol–water partition coefficient (Wildman–Crippen LogP) is 6.00. The van der Waals surface area contributed by atoms with E-state index < -0.39 is 25.6 Å². The van der Waals surface area contributed by atoms with Crippen LogP contribution in [-0.2, 0) is 16.1 Å². The number of ether oxygens (including phenoxy) is 3. The molecule has 50 heavy (non-hydrogen) atoms. The lowest BCUT2D eigenvalue weighted by atomic mass is 10.0. The second kappa shape index (κ2) is 18.4. The molecule has 2 fully saturated rings. The molecular weight excluding hydrogens is 646 g/mol. The molecule has 4 rings (SSSR count). The first-order valence-corrected chi connectivity index (χ1v) is 17.3. The summed E-state index contributed by atoms with van der Waals surface area (Å²) in [5.41, 5.74) is 2.25. The van der Waals surface area contributed by atoms with E-state index >= 15 is 0 Å². The van der Waals surface area contributed by atoms with Gasteiger partial charge in [0.15, 0.2) is 23.7 Å². The number of hydrogen-bond donors (Lipinski definition) is 1. The smallest absolute Gasteiger partial charge is 0.265 e. The van der Waals surface area contributed by atoms with Crippen LogP contribution in [0.5, 0.6) is 17.2 Å². The van der Waals surface area contributed by atoms with Crippen molar-refractivity contribution in [2.24, 2.45) is 0 Å². The maximum Gasteiger partial charge on any atom is 0.265 e. The van der Waals surface area contributed by atoms with Crippen LogP contribution in [0.4, 0.5) is 14.5 Å². The highest BCUT2D eigenvalue weighted by Crippen LogP contribution is 2.35. The number of likely N-dealkylation sites (tertiary alicyclic amines) is 1. The Morgan fingerprint density at radius 3 is 2.34 bits per heavy atom. The summed E-state index contributed by atoms with van der Waals surface area (Å²) in [4.78, 5) is 43.6. The molecule has 1 N–H and O–H groups in total. The normalized spacial score (nSPS) is 16.1. The molecule has 2 aromatic carbocycles. The number of rotatable bonds is 17. The fraction of sp³-hybridized carbons (Fsp3) is 0.500. The van der Waals surface area contributed by atoms with Crippen molar-refractivity contribution in [2.45, 2.75) is 83.3 Å². The third-order valence-corrected chi connectivity index (χ3v) is 9.26. The van der Waals surface area contributed by atoms with Gasteiger partial charge in [0.1, 0.15) is 19.1 Å². The van der Waals surface area contributed by atoms with E-state index in [4.69, 9.17) is 14.2 Å². The molecule has 10 nitrogen and oxygen atoms in total. The van der Waals surface area contributed by atoms with Crippen LogP contribution >= 0.6 is 0 Å². The molecule has 1 aliphatic heterocycles. The number of alkyl halides is 2. The quantitative estimate of drug-likeness (QED) is 0.160. The number of hydrogen-bond acceptors (Lipinski definition) is 7. The standard InChI is InChI=1S/C38H50F2N4O6/c1-6-28(7-2)41-37(46)26(3)48-36-20-27(12-15-35(36)50-30-10-8-9-11-30)24-42(4)38(47)33-21-31(49-32(22-39)23-40)13-14-34(33)43(5)29-16-18-44(25-45)19-17-29/h6-7,12-15,20-21,25-26,29-30,32H,1,8-11,16-19,22-24H2,2-5H3,(H,41,46)/b28-7+/t26-/m1/s1. The molecule has 1 atom stereocenters. The summed E-state index contributed by atoms with van der Waals surface area (Å²) < 4.78 is 44.7. The number of allylic oxidation sites excluding steroid dienone is 2. The summed E-state index contributed by atoms with van der Waals surface area (Å²) in [5, 5.41) is 2.79. The maximum atomic E-state index is 14.2. The van der Waals surface area contributed by atoms with Crippen molar-refractivity contribution in [3.63, 3.8) is 0 Å². The van der Waals surface area contributed by atoms with Crippen molar-refractivity contribution in [3.05, 3.63) is 72.0 Å². The Kier molecular flexibility index (Phi) is 14.1. The van der Waals surface area contributed by atoms with Gasteiger partial charge < -0.3 is 34.2 Å². The van der Waals surface area contributed by atoms with E-state index in [-0.39, 0.29) is 36.3 Å². The second-order valence-corrected chi connectivity index (χ2v) is 12.9. The zero-order valence-electron chi connectivity index (χ0n) is 29.5. The van der Waals surface area contributed by atoms with Crippen LogP contribution < -0.4 is 24.4 Å². The van der Waals surface area contributed by atoms with Gasteiger partial charge in [-0.15, -0.1) is 0 Å². The van der Waals surface area contributed by atoms with Crippen LogP contribution in [0.15, 0.2) is 60.8 Å². The van der Waals surface area contributed by atoms with Gasteiger partial charge in [-0.05, 0) is 94.3 Å². The van der Waals surface area contributed by atoms with E-state index in [0.717, 1.165) is 50.5 Å². The van der Waals surface area contributed by atoms with Crippen molar-refractivity contribution >= 4 is 23.9 Å². The minimum atomic E-state index is -1.28. The molecule has 0 unspecified atom stereocenters. The highest BCUT2D eigenvalue weighted by Gasteiger charge is 2.28. The number of carbonyl (C=O) groups excluding carboxylic acids is 3. The fourth-order valence-electron chi connectivity index (χ4n) is 6.25. The van der Waals surface area contributed by atoms with Crippen LogP contribution in [0.2, 0.25) is 0 Å². The number of nitrogens with one attached hydrogen (secondary N) is 1. The third-order valence-electron chi connectivity index (χ3n) is 9.26. The molecule has 3 amide bonds. The van der Waals surface area contributed by atoms with Crippen LogP contribution in [0, 0.1) is 0 Å². The van der Waals surface area contributed by atoms with Crippen molar-refractivity contribution in [3.8, 4) is 17.2 Å². The van der Waals surface area contributed by atoms with Gasteiger partial charge in [0.05, 0.1) is 11.7 Å². The van der Waals surface area contributed by atoms with Gasteiger partial charge in [0.2, 0.25) is 6.41 Å². The minimum Gasteiger partial charge on any atom is -0.487 e. The number of carbonyl (C=O) groups is 3. The van der Waals surface area contributed by atoms with Crippen molar-refractivity contribution < 1.29 is 37.4 Å². The van der Waals surface area contributed by atoms with E-state index in [0.29, 0.717) is 41.5 Å². The van der Waals surface area contributed by atoms with Crippen molar-refractivity contribution in [1.82, 2.24) is 15.1 Å². The summed E-state index contributed by atoms with van der Waals surface area (Å²) in [6.45, 7) is 6.54. The zero-order valence-corrected chi connectivity index (χ0v) is 29.5. The topological polar surface area (TPSA) is 101 Å². The van der Waals surface area contributed by atoms with Gasteiger partial charge >= 0.3 is 0 Å². The van der Waals surface area contributed by atoms with Gasteiger partial charge in [-0.1, -0.05) is 18.7 Å². The summed E-state index contributed by atoms with van der Waals surface area (Å²) in [6, 6.07) is 10.4. The molecule has 1 heterocycles. The molecule has 1 saturated carbocycles. The molecular formula is C38H50F2N4O6.